The number of benzene rings is 2. The summed E-state index contributed by atoms with van der Waals surface area (Å²) in [6.45, 7) is -0.163. The monoisotopic (exact) mass is 276 g/mol. The first-order chi connectivity index (χ1) is 9.50. The number of hydrogen-bond donors (Lipinski definition) is 0. The third-order valence-corrected chi connectivity index (χ3v) is 2.72. The molecule has 0 saturated heterocycles. The van der Waals surface area contributed by atoms with Crippen LogP contribution in [0.5, 0.6) is 5.75 Å². The lowest BCUT2D eigenvalue weighted by atomic mass is 10.1. The Bertz CT molecular complexity index is 639. The number of halogens is 3. The maximum atomic E-state index is 12.8. The van der Waals surface area contributed by atoms with Crippen LogP contribution < -0.4 is 4.74 Å². The van der Waals surface area contributed by atoms with Crippen LogP contribution in [0.1, 0.15) is 16.7 Å². The molecular formula is C16H11F3O. The first kappa shape index (κ1) is 14.0. The van der Waals surface area contributed by atoms with Crippen molar-refractivity contribution in [2.24, 2.45) is 0 Å². The van der Waals surface area contributed by atoms with E-state index in [0.717, 1.165) is 6.07 Å². The highest BCUT2D eigenvalue weighted by molar-refractivity contribution is 5.38. The van der Waals surface area contributed by atoms with Gasteiger partial charge in [-0.1, -0.05) is 30.2 Å². The molecule has 0 aliphatic heterocycles. The van der Waals surface area contributed by atoms with Gasteiger partial charge in [0.1, 0.15) is 12.4 Å². The lowest BCUT2D eigenvalue weighted by molar-refractivity contribution is -0.138. The Hall–Kier alpha value is -2.41. The van der Waals surface area contributed by atoms with Crippen molar-refractivity contribution in [3.63, 3.8) is 0 Å². The summed E-state index contributed by atoms with van der Waals surface area (Å²) in [7, 11) is 0. The first-order valence-electron chi connectivity index (χ1n) is 5.85. The molecule has 0 N–H and O–H groups in total. The maximum absolute atomic E-state index is 12.8. The molecule has 1 nitrogen and oxygen atoms in total. The van der Waals surface area contributed by atoms with E-state index in [1.807, 2.05) is 0 Å². The number of rotatable bonds is 3. The lowest BCUT2D eigenvalue weighted by Crippen LogP contribution is -2.10. The molecule has 0 amide bonds. The van der Waals surface area contributed by atoms with Crippen LogP contribution in [0, 0.1) is 12.3 Å². The molecule has 20 heavy (non-hydrogen) atoms. The Morgan fingerprint density at radius 3 is 2.50 bits per heavy atom. The van der Waals surface area contributed by atoms with Crippen LogP contribution in [-0.4, -0.2) is 0 Å². The van der Waals surface area contributed by atoms with Crippen molar-refractivity contribution in [3.05, 3.63) is 65.2 Å². The zero-order valence-corrected chi connectivity index (χ0v) is 10.4. The summed E-state index contributed by atoms with van der Waals surface area (Å²) in [6, 6.07) is 12.0. The summed E-state index contributed by atoms with van der Waals surface area (Å²) in [4.78, 5) is 0. The fourth-order valence-electron chi connectivity index (χ4n) is 1.76. The van der Waals surface area contributed by atoms with Gasteiger partial charge in [0.2, 0.25) is 0 Å². The molecule has 0 aromatic heterocycles. The zero-order valence-electron chi connectivity index (χ0n) is 10.4. The molecule has 2 aromatic carbocycles. The number of hydrogen-bond acceptors (Lipinski definition) is 1. The summed E-state index contributed by atoms with van der Waals surface area (Å²) in [5.41, 5.74) is 0.0193. The Balaban J connectivity index is 2.17. The molecule has 0 radical (unpaired) electrons. The topological polar surface area (TPSA) is 9.23 Å². The van der Waals surface area contributed by atoms with Gasteiger partial charge in [-0.15, -0.1) is 6.42 Å². The van der Waals surface area contributed by atoms with Gasteiger partial charge < -0.3 is 4.74 Å². The maximum Gasteiger partial charge on any atom is 0.416 e. The predicted octanol–water partition coefficient (Wildman–Crippen LogP) is 4.27. The molecule has 0 heterocycles. The summed E-state index contributed by atoms with van der Waals surface area (Å²) < 4.78 is 43.8. The normalized spacial score (nSPS) is 10.9. The van der Waals surface area contributed by atoms with Crippen LogP contribution >= 0.6 is 0 Å². The van der Waals surface area contributed by atoms with Crippen LogP contribution in [0.3, 0.4) is 0 Å². The molecule has 0 atom stereocenters. The molecule has 2 aromatic rings. The lowest BCUT2D eigenvalue weighted by Gasteiger charge is -2.13. The van der Waals surface area contributed by atoms with Crippen molar-refractivity contribution in [2.75, 3.05) is 0 Å². The van der Waals surface area contributed by atoms with Crippen molar-refractivity contribution in [1.82, 2.24) is 0 Å². The summed E-state index contributed by atoms with van der Waals surface area (Å²) >= 11 is 0. The van der Waals surface area contributed by atoms with E-state index in [-0.39, 0.29) is 12.2 Å². The fourth-order valence-corrected chi connectivity index (χ4v) is 1.76. The minimum absolute atomic E-state index is 0.0890. The van der Waals surface area contributed by atoms with E-state index in [4.69, 9.17) is 11.2 Å². The second-order valence-electron chi connectivity index (χ2n) is 4.12. The zero-order chi connectivity index (χ0) is 14.6. The molecule has 0 unspecified atom stereocenters. The van der Waals surface area contributed by atoms with E-state index in [2.05, 4.69) is 5.92 Å². The third-order valence-electron chi connectivity index (χ3n) is 2.72. The van der Waals surface area contributed by atoms with Crippen molar-refractivity contribution in [2.45, 2.75) is 12.8 Å². The minimum Gasteiger partial charge on any atom is -0.489 e. The van der Waals surface area contributed by atoms with Crippen LogP contribution in [0.15, 0.2) is 48.5 Å². The van der Waals surface area contributed by atoms with E-state index >= 15 is 0 Å². The van der Waals surface area contributed by atoms with Gasteiger partial charge in [0.05, 0.1) is 5.56 Å². The Kier molecular flexibility index (Phi) is 3.99. The number of terminal acetylenes is 1. The van der Waals surface area contributed by atoms with Gasteiger partial charge >= 0.3 is 6.18 Å². The molecule has 0 bridgehead atoms. The predicted molar refractivity (Wildman–Crippen MR) is 70.2 cm³/mol. The molecular weight excluding hydrogens is 265 g/mol. The Morgan fingerprint density at radius 1 is 1.05 bits per heavy atom. The minimum atomic E-state index is -4.39. The molecule has 2 rings (SSSR count). The highest BCUT2D eigenvalue weighted by atomic mass is 19.4. The van der Waals surface area contributed by atoms with Gasteiger partial charge in [-0.05, 0) is 24.3 Å². The van der Waals surface area contributed by atoms with Crippen LogP contribution in [-0.2, 0) is 12.8 Å². The SMILES string of the molecule is C#Cc1cccc(OCc2ccccc2C(F)(F)F)c1. The Morgan fingerprint density at radius 2 is 1.80 bits per heavy atom. The standard InChI is InChI=1S/C16H11F3O/c1-2-12-6-5-8-14(10-12)20-11-13-7-3-4-9-15(13)16(17,18)19/h1,3-10H,11H2. The average Bonchev–Trinajstić information content (AvgIpc) is 2.44. The quantitative estimate of drug-likeness (QED) is 0.761. The number of ether oxygens (including phenoxy) is 1. The summed E-state index contributed by atoms with van der Waals surface area (Å²) in [5.74, 6) is 2.88. The van der Waals surface area contributed by atoms with Gasteiger partial charge in [0, 0.05) is 11.1 Å². The van der Waals surface area contributed by atoms with E-state index < -0.39 is 11.7 Å². The molecule has 0 aliphatic carbocycles. The van der Waals surface area contributed by atoms with Crippen LogP contribution in [0.4, 0.5) is 13.2 Å². The molecule has 0 spiro atoms. The molecule has 102 valence electrons. The van der Waals surface area contributed by atoms with Crippen molar-refractivity contribution >= 4 is 0 Å². The number of alkyl halides is 3. The summed E-state index contributed by atoms with van der Waals surface area (Å²) in [5, 5.41) is 0. The molecule has 4 heteroatoms. The Labute approximate surface area is 115 Å². The van der Waals surface area contributed by atoms with Crippen LogP contribution in [0.2, 0.25) is 0 Å². The fraction of sp³-hybridized carbons (Fsp3) is 0.125. The molecule has 0 fully saturated rings. The van der Waals surface area contributed by atoms with E-state index in [1.54, 1.807) is 30.3 Å². The molecule has 0 aliphatic rings. The first-order valence-corrected chi connectivity index (χ1v) is 5.85. The van der Waals surface area contributed by atoms with Crippen molar-refractivity contribution < 1.29 is 17.9 Å². The highest BCUT2D eigenvalue weighted by Gasteiger charge is 2.32. The third kappa shape index (κ3) is 3.33. The van der Waals surface area contributed by atoms with Gasteiger partial charge in [-0.3, -0.25) is 0 Å². The van der Waals surface area contributed by atoms with Gasteiger partial charge in [-0.2, -0.15) is 13.2 Å². The highest BCUT2D eigenvalue weighted by Crippen LogP contribution is 2.32. The molecule has 0 saturated carbocycles. The second-order valence-corrected chi connectivity index (χ2v) is 4.12. The summed E-state index contributed by atoms with van der Waals surface area (Å²) in [6.07, 6.45) is 0.865. The van der Waals surface area contributed by atoms with Gasteiger partial charge in [0.15, 0.2) is 0 Å². The van der Waals surface area contributed by atoms with E-state index in [1.165, 1.54) is 12.1 Å². The van der Waals surface area contributed by atoms with Crippen molar-refractivity contribution in [1.29, 1.82) is 0 Å². The second kappa shape index (κ2) is 5.70. The van der Waals surface area contributed by atoms with Crippen molar-refractivity contribution in [3.8, 4) is 18.1 Å². The smallest absolute Gasteiger partial charge is 0.416 e. The van der Waals surface area contributed by atoms with E-state index in [0.29, 0.717) is 11.3 Å². The van der Waals surface area contributed by atoms with Gasteiger partial charge in [0.25, 0.3) is 0 Å². The average molecular weight is 276 g/mol. The van der Waals surface area contributed by atoms with E-state index in [9.17, 15) is 13.2 Å². The van der Waals surface area contributed by atoms with Gasteiger partial charge in [-0.25, -0.2) is 0 Å². The largest absolute Gasteiger partial charge is 0.489 e. The van der Waals surface area contributed by atoms with Crippen LogP contribution in [0.25, 0.3) is 0 Å².